The zero-order valence-corrected chi connectivity index (χ0v) is 14.5. The fraction of sp³-hybridized carbons (Fsp3) is 0.611. The third kappa shape index (κ3) is 6.94. The number of hydrogen-bond donors (Lipinski definition) is 2. The van der Waals surface area contributed by atoms with Gasteiger partial charge in [-0.2, -0.15) is 0 Å². The Labute approximate surface area is 134 Å². The normalized spacial score (nSPS) is 14.2. The molecule has 0 saturated heterocycles. The summed E-state index contributed by atoms with van der Waals surface area (Å²) in [5, 5.41) is 6.47. The van der Waals surface area contributed by atoms with Gasteiger partial charge in [0.25, 0.3) is 0 Å². The third-order valence-electron chi connectivity index (χ3n) is 3.43. The highest BCUT2D eigenvalue weighted by Gasteiger charge is 2.19. The molecule has 1 amide bonds. The van der Waals surface area contributed by atoms with Crippen molar-refractivity contribution in [3.8, 4) is 0 Å². The van der Waals surface area contributed by atoms with Crippen LogP contribution in [0.3, 0.4) is 0 Å². The Balaban J connectivity index is 2.50. The van der Waals surface area contributed by atoms with Crippen molar-refractivity contribution in [3.63, 3.8) is 0 Å². The summed E-state index contributed by atoms with van der Waals surface area (Å²) in [6.07, 6.45) is 1.51. The van der Waals surface area contributed by atoms with Crippen LogP contribution in [-0.4, -0.2) is 24.3 Å². The van der Waals surface area contributed by atoms with E-state index in [0.29, 0.717) is 6.04 Å². The highest BCUT2D eigenvalue weighted by molar-refractivity contribution is 5.68. The van der Waals surface area contributed by atoms with Gasteiger partial charge in [0.1, 0.15) is 5.60 Å². The summed E-state index contributed by atoms with van der Waals surface area (Å²) >= 11 is 0. The summed E-state index contributed by atoms with van der Waals surface area (Å²) < 4.78 is 5.31. The molecule has 0 bridgehead atoms. The van der Waals surface area contributed by atoms with Crippen molar-refractivity contribution in [1.29, 1.82) is 0 Å². The molecule has 1 aromatic carbocycles. The van der Waals surface area contributed by atoms with Gasteiger partial charge in [0.05, 0.1) is 0 Å². The van der Waals surface area contributed by atoms with Crippen LogP contribution in [0.15, 0.2) is 30.3 Å². The number of alkyl carbamates (subject to hydrolysis) is 1. The van der Waals surface area contributed by atoms with Crippen molar-refractivity contribution in [3.05, 3.63) is 35.9 Å². The minimum Gasteiger partial charge on any atom is -0.444 e. The number of hydrogen-bond acceptors (Lipinski definition) is 3. The van der Waals surface area contributed by atoms with Gasteiger partial charge in [-0.05, 0) is 39.2 Å². The van der Waals surface area contributed by atoms with Crippen LogP contribution in [0.25, 0.3) is 0 Å². The fourth-order valence-electron chi connectivity index (χ4n) is 2.24. The monoisotopic (exact) mass is 306 g/mol. The van der Waals surface area contributed by atoms with Crippen molar-refractivity contribution in [2.24, 2.45) is 0 Å². The highest BCUT2D eigenvalue weighted by atomic mass is 16.6. The van der Waals surface area contributed by atoms with E-state index in [2.05, 4.69) is 48.7 Å². The van der Waals surface area contributed by atoms with Gasteiger partial charge in [0, 0.05) is 18.6 Å². The number of amides is 1. The Hall–Kier alpha value is -1.55. The van der Waals surface area contributed by atoms with Crippen LogP contribution in [0.1, 0.15) is 59.1 Å². The first-order valence-electron chi connectivity index (χ1n) is 8.13. The van der Waals surface area contributed by atoms with Gasteiger partial charge in [0.15, 0.2) is 0 Å². The first-order chi connectivity index (χ1) is 10.4. The minimum atomic E-state index is -0.466. The summed E-state index contributed by atoms with van der Waals surface area (Å²) in [5.41, 5.74) is 0.809. The number of carbonyl (C=O) groups is 1. The van der Waals surface area contributed by atoms with Crippen LogP contribution < -0.4 is 10.6 Å². The van der Waals surface area contributed by atoms with Crippen LogP contribution in [0.5, 0.6) is 0 Å². The molecule has 0 saturated carbocycles. The largest absolute Gasteiger partial charge is 0.444 e. The smallest absolute Gasteiger partial charge is 0.407 e. The predicted octanol–water partition coefficient (Wildman–Crippen LogP) is 4.03. The van der Waals surface area contributed by atoms with Crippen molar-refractivity contribution >= 4 is 6.09 Å². The highest BCUT2D eigenvalue weighted by Crippen LogP contribution is 2.16. The zero-order valence-electron chi connectivity index (χ0n) is 14.5. The van der Waals surface area contributed by atoms with Crippen LogP contribution in [0.2, 0.25) is 0 Å². The Bertz CT molecular complexity index is 440. The molecule has 22 heavy (non-hydrogen) atoms. The zero-order chi connectivity index (χ0) is 16.6. The molecule has 2 unspecified atom stereocenters. The molecule has 0 aromatic heterocycles. The van der Waals surface area contributed by atoms with Gasteiger partial charge < -0.3 is 15.4 Å². The molecule has 2 N–H and O–H groups in total. The van der Waals surface area contributed by atoms with E-state index in [1.807, 2.05) is 26.8 Å². The molecule has 0 aliphatic heterocycles. The molecule has 4 nitrogen and oxygen atoms in total. The SMILES string of the molecule is CCC(CNC(CC)c1ccccc1)NC(=O)OC(C)(C)C. The Kier molecular flexibility index (Phi) is 7.39. The Morgan fingerprint density at radius 2 is 1.77 bits per heavy atom. The first-order valence-corrected chi connectivity index (χ1v) is 8.13. The van der Waals surface area contributed by atoms with E-state index in [4.69, 9.17) is 4.74 Å². The average Bonchev–Trinajstić information content (AvgIpc) is 2.45. The van der Waals surface area contributed by atoms with Gasteiger partial charge in [0.2, 0.25) is 0 Å². The summed E-state index contributed by atoms with van der Waals surface area (Å²) in [6.45, 7) is 10.6. The summed E-state index contributed by atoms with van der Waals surface area (Å²) in [4.78, 5) is 11.9. The van der Waals surface area contributed by atoms with Gasteiger partial charge in [-0.25, -0.2) is 4.79 Å². The second-order valence-corrected chi connectivity index (χ2v) is 6.53. The Morgan fingerprint density at radius 1 is 1.14 bits per heavy atom. The molecule has 2 atom stereocenters. The lowest BCUT2D eigenvalue weighted by molar-refractivity contribution is 0.0502. The number of ether oxygens (including phenoxy) is 1. The maximum atomic E-state index is 11.9. The van der Waals surface area contributed by atoms with Crippen molar-refractivity contribution in [1.82, 2.24) is 10.6 Å². The van der Waals surface area contributed by atoms with Crippen molar-refractivity contribution < 1.29 is 9.53 Å². The molecule has 0 heterocycles. The predicted molar refractivity (Wildman–Crippen MR) is 90.9 cm³/mol. The minimum absolute atomic E-state index is 0.0626. The maximum Gasteiger partial charge on any atom is 0.407 e. The molecule has 124 valence electrons. The van der Waals surface area contributed by atoms with E-state index in [1.165, 1.54) is 5.56 Å². The fourth-order valence-corrected chi connectivity index (χ4v) is 2.24. The quantitative estimate of drug-likeness (QED) is 0.799. The number of rotatable bonds is 7. The van der Waals surface area contributed by atoms with E-state index >= 15 is 0 Å². The second kappa shape index (κ2) is 8.79. The Morgan fingerprint density at radius 3 is 2.27 bits per heavy atom. The van der Waals surface area contributed by atoms with Crippen LogP contribution in [0.4, 0.5) is 4.79 Å². The number of carbonyl (C=O) groups excluding carboxylic acids is 1. The molecule has 0 aliphatic carbocycles. The van der Waals surface area contributed by atoms with E-state index in [-0.39, 0.29) is 12.1 Å². The molecule has 0 aliphatic rings. The molecule has 4 heteroatoms. The summed E-state index contributed by atoms with van der Waals surface area (Å²) in [7, 11) is 0. The third-order valence-corrected chi connectivity index (χ3v) is 3.43. The lowest BCUT2D eigenvalue weighted by atomic mass is 10.0. The van der Waals surface area contributed by atoms with Gasteiger partial charge in [-0.3, -0.25) is 0 Å². The molecular weight excluding hydrogens is 276 g/mol. The topological polar surface area (TPSA) is 50.4 Å². The number of benzene rings is 1. The molecule has 0 fully saturated rings. The summed E-state index contributed by atoms with van der Waals surface area (Å²) in [5.74, 6) is 0. The lowest BCUT2D eigenvalue weighted by Crippen LogP contribution is -2.44. The second-order valence-electron chi connectivity index (χ2n) is 6.53. The molecule has 1 aromatic rings. The standard InChI is InChI=1S/C18H30N2O2/c1-6-15(20-17(21)22-18(3,4)5)13-19-16(7-2)14-11-9-8-10-12-14/h8-12,15-16,19H,6-7,13H2,1-5H3,(H,20,21). The van der Waals surface area contributed by atoms with E-state index in [0.717, 1.165) is 19.4 Å². The van der Waals surface area contributed by atoms with Gasteiger partial charge >= 0.3 is 6.09 Å². The molecule has 0 radical (unpaired) electrons. The van der Waals surface area contributed by atoms with Crippen LogP contribution in [0, 0.1) is 0 Å². The molecule has 0 spiro atoms. The molecular formula is C18H30N2O2. The van der Waals surface area contributed by atoms with E-state index < -0.39 is 5.60 Å². The maximum absolute atomic E-state index is 11.9. The van der Waals surface area contributed by atoms with Crippen molar-refractivity contribution in [2.45, 2.75) is 65.1 Å². The number of nitrogens with one attached hydrogen (secondary N) is 2. The van der Waals surface area contributed by atoms with Crippen LogP contribution in [-0.2, 0) is 4.74 Å². The van der Waals surface area contributed by atoms with E-state index in [1.54, 1.807) is 0 Å². The van der Waals surface area contributed by atoms with Gasteiger partial charge in [-0.1, -0.05) is 44.2 Å². The average molecular weight is 306 g/mol. The van der Waals surface area contributed by atoms with Crippen LogP contribution >= 0.6 is 0 Å². The summed E-state index contributed by atoms with van der Waals surface area (Å²) in [6, 6.07) is 10.7. The van der Waals surface area contributed by atoms with E-state index in [9.17, 15) is 4.79 Å². The molecule has 1 rings (SSSR count). The van der Waals surface area contributed by atoms with Gasteiger partial charge in [-0.15, -0.1) is 0 Å². The van der Waals surface area contributed by atoms with Crippen molar-refractivity contribution in [2.75, 3.05) is 6.54 Å². The first kappa shape index (κ1) is 18.5. The lowest BCUT2D eigenvalue weighted by Gasteiger charge is -2.25.